The van der Waals surface area contributed by atoms with Crippen LogP contribution in [-0.4, -0.2) is 55.5 Å². The highest BCUT2D eigenvalue weighted by Crippen LogP contribution is 2.38. The lowest BCUT2D eigenvalue weighted by molar-refractivity contribution is -0.132. The largest absolute Gasteiger partial charge is 0.493 e. The molecule has 1 spiro atoms. The Labute approximate surface area is 206 Å². The highest BCUT2D eigenvalue weighted by Gasteiger charge is 2.36. The average Bonchev–Trinajstić information content (AvgIpc) is 2.86. The maximum Gasteiger partial charge on any atom is 0.222 e. The van der Waals surface area contributed by atoms with Crippen molar-refractivity contribution in [1.29, 1.82) is 0 Å². The zero-order valence-electron chi connectivity index (χ0n) is 21.0. The molecular weight excluding hydrogens is 420 g/mol. The number of carbonyl (C=O) groups is 1. The Bertz CT molecular complexity index is 890. The molecule has 2 heterocycles. The van der Waals surface area contributed by atoms with E-state index in [4.69, 9.17) is 4.74 Å². The van der Waals surface area contributed by atoms with Crippen LogP contribution < -0.4 is 4.74 Å². The number of benzene rings is 2. The summed E-state index contributed by atoms with van der Waals surface area (Å²) in [7, 11) is 2.01. The van der Waals surface area contributed by atoms with Crippen molar-refractivity contribution in [3.05, 3.63) is 65.7 Å². The Morgan fingerprint density at radius 1 is 0.882 bits per heavy atom. The van der Waals surface area contributed by atoms with Gasteiger partial charge in [-0.1, -0.05) is 55.0 Å². The number of piperidine rings is 1. The Morgan fingerprint density at radius 3 is 2.47 bits per heavy atom. The van der Waals surface area contributed by atoms with E-state index in [2.05, 4.69) is 53.4 Å². The molecule has 1 amide bonds. The van der Waals surface area contributed by atoms with E-state index < -0.39 is 0 Å². The normalized spacial score (nSPS) is 20.4. The number of hydrogen-bond donors (Lipinski definition) is 0. The number of aryl methyl sites for hydroxylation is 2. The SMILES string of the molecule is CN1CC2(CCCCc3ccccc3OCCCC1=O)CCN(CCCc1ccccc1)CC2. The third kappa shape index (κ3) is 7.09. The third-order valence-electron chi connectivity index (χ3n) is 7.87. The summed E-state index contributed by atoms with van der Waals surface area (Å²) in [5.74, 6) is 1.26. The summed E-state index contributed by atoms with van der Waals surface area (Å²) in [6.07, 6.45) is 10.8. The van der Waals surface area contributed by atoms with Crippen molar-refractivity contribution in [2.24, 2.45) is 5.41 Å². The first-order valence-electron chi connectivity index (χ1n) is 13.3. The van der Waals surface area contributed by atoms with E-state index in [1.54, 1.807) is 0 Å². The number of ether oxygens (including phenoxy) is 1. The van der Waals surface area contributed by atoms with Crippen molar-refractivity contribution in [2.75, 3.05) is 39.8 Å². The van der Waals surface area contributed by atoms with Crippen molar-refractivity contribution < 1.29 is 9.53 Å². The third-order valence-corrected chi connectivity index (χ3v) is 7.87. The first kappa shape index (κ1) is 24.8. The number of fused-ring (bicyclic) bond motifs is 1. The fourth-order valence-electron chi connectivity index (χ4n) is 5.74. The number of carbonyl (C=O) groups excluding carboxylic acids is 1. The zero-order valence-corrected chi connectivity index (χ0v) is 21.0. The maximum absolute atomic E-state index is 12.9. The van der Waals surface area contributed by atoms with Crippen molar-refractivity contribution >= 4 is 5.91 Å². The van der Waals surface area contributed by atoms with Crippen LogP contribution in [0.4, 0.5) is 0 Å². The molecule has 0 radical (unpaired) electrons. The lowest BCUT2D eigenvalue weighted by Gasteiger charge is -2.44. The molecule has 2 aliphatic heterocycles. The minimum absolute atomic E-state index is 0.263. The fourth-order valence-corrected chi connectivity index (χ4v) is 5.74. The van der Waals surface area contributed by atoms with Crippen molar-refractivity contribution in [3.8, 4) is 5.75 Å². The van der Waals surface area contributed by atoms with E-state index >= 15 is 0 Å². The summed E-state index contributed by atoms with van der Waals surface area (Å²) < 4.78 is 6.02. The molecule has 34 heavy (non-hydrogen) atoms. The van der Waals surface area contributed by atoms with Gasteiger partial charge in [-0.25, -0.2) is 0 Å². The molecule has 0 bridgehead atoms. The number of likely N-dealkylation sites (tertiary alicyclic amines) is 1. The smallest absolute Gasteiger partial charge is 0.222 e. The Morgan fingerprint density at radius 2 is 1.65 bits per heavy atom. The second-order valence-electron chi connectivity index (χ2n) is 10.4. The van der Waals surface area contributed by atoms with Gasteiger partial charge in [0.15, 0.2) is 0 Å². The van der Waals surface area contributed by atoms with Crippen LogP contribution in [0.3, 0.4) is 0 Å². The van der Waals surface area contributed by atoms with Gasteiger partial charge in [-0.15, -0.1) is 0 Å². The number of para-hydroxylation sites is 1. The van der Waals surface area contributed by atoms with Crippen LogP contribution in [-0.2, 0) is 17.6 Å². The lowest BCUT2D eigenvalue weighted by atomic mass is 9.73. The minimum Gasteiger partial charge on any atom is -0.493 e. The van der Waals surface area contributed by atoms with Crippen LogP contribution in [0.25, 0.3) is 0 Å². The van der Waals surface area contributed by atoms with Crippen LogP contribution in [0.2, 0.25) is 0 Å². The molecule has 0 N–H and O–H groups in total. The lowest BCUT2D eigenvalue weighted by Crippen LogP contribution is -2.47. The van der Waals surface area contributed by atoms with E-state index in [0.29, 0.717) is 13.0 Å². The number of nitrogens with zero attached hydrogens (tertiary/aromatic N) is 2. The molecule has 2 aromatic carbocycles. The first-order valence-corrected chi connectivity index (χ1v) is 13.3. The van der Waals surface area contributed by atoms with Gasteiger partial charge in [0.1, 0.15) is 5.75 Å². The van der Waals surface area contributed by atoms with E-state index in [1.807, 2.05) is 18.0 Å². The molecule has 4 rings (SSSR count). The van der Waals surface area contributed by atoms with Crippen LogP contribution >= 0.6 is 0 Å². The summed E-state index contributed by atoms with van der Waals surface area (Å²) in [5, 5.41) is 0. The predicted molar refractivity (Wildman–Crippen MR) is 139 cm³/mol. The summed E-state index contributed by atoms with van der Waals surface area (Å²) >= 11 is 0. The van der Waals surface area contributed by atoms with E-state index in [1.165, 1.54) is 56.2 Å². The predicted octanol–water partition coefficient (Wildman–Crippen LogP) is 5.75. The molecular formula is C30H42N2O2. The van der Waals surface area contributed by atoms with Crippen molar-refractivity contribution in [1.82, 2.24) is 9.80 Å². The zero-order chi connectivity index (χ0) is 23.6. The van der Waals surface area contributed by atoms with Gasteiger partial charge < -0.3 is 14.5 Å². The second kappa shape index (κ2) is 12.4. The van der Waals surface area contributed by atoms with Gasteiger partial charge in [-0.05, 0) is 93.6 Å². The molecule has 0 aliphatic carbocycles. The molecule has 0 atom stereocenters. The van der Waals surface area contributed by atoms with Gasteiger partial charge in [0.05, 0.1) is 6.61 Å². The summed E-state index contributed by atoms with van der Waals surface area (Å²) in [5.41, 5.74) is 3.01. The highest BCUT2D eigenvalue weighted by atomic mass is 16.5. The van der Waals surface area contributed by atoms with Crippen LogP contribution in [0.1, 0.15) is 62.5 Å². The van der Waals surface area contributed by atoms with E-state index in [9.17, 15) is 4.79 Å². The minimum atomic E-state index is 0.263. The number of hydrogen-bond acceptors (Lipinski definition) is 3. The van der Waals surface area contributed by atoms with Crippen molar-refractivity contribution in [3.63, 3.8) is 0 Å². The molecule has 1 saturated heterocycles. The van der Waals surface area contributed by atoms with Crippen LogP contribution in [0.5, 0.6) is 5.75 Å². The molecule has 1 fully saturated rings. The van der Waals surface area contributed by atoms with E-state index in [0.717, 1.165) is 44.6 Å². The summed E-state index contributed by atoms with van der Waals surface area (Å²) in [6, 6.07) is 19.3. The molecule has 184 valence electrons. The molecule has 2 aliphatic rings. The molecule has 0 aromatic heterocycles. The molecule has 4 heteroatoms. The monoisotopic (exact) mass is 462 g/mol. The van der Waals surface area contributed by atoms with Crippen LogP contribution in [0, 0.1) is 5.41 Å². The quantitative estimate of drug-likeness (QED) is 0.580. The molecule has 4 nitrogen and oxygen atoms in total. The van der Waals surface area contributed by atoms with Crippen molar-refractivity contribution in [2.45, 2.75) is 64.2 Å². The standard InChI is InChI=1S/C30H42N2O2/c1-31-25-30(19-22-32(23-20-30)21-9-13-26-11-3-2-4-12-26)18-8-7-15-27-14-5-6-16-28(27)34-24-10-17-29(31)33/h2-6,11-12,14,16H,7-10,13,15,17-25H2,1H3. The Hall–Kier alpha value is -2.33. The number of amides is 1. The van der Waals surface area contributed by atoms with Gasteiger partial charge in [-0.2, -0.15) is 0 Å². The Kier molecular flexibility index (Phi) is 9.04. The van der Waals surface area contributed by atoms with Gasteiger partial charge in [0, 0.05) is 20.0 Å². The van der Waals surface area contributed by atoms with E-state index in [-0.39, 0.29) is 11.3 Å². The second-order valence-corrected chi connectivity index (χ2v) is 10.4. The highest BCUT2D eigenvalue weighted by molar-refractivity contribution is 5.75. The Balaban J connectivity index is 1.34. The average molecular weight is 463 g/mol. The number of rotatable bonds is 4. The fraction of sp³-hybridized carbons (Fsp3) is 0.567. The summed E-state index contributed by atoms with van der Waals surface area (Å²) in [6.45, 7) is 5.01. The first-order chi connectivity index (χ1) is 16.6. The van der Waals surface area contributed by atoms with Gasteiger partial charge in [0.2, 0.25) is 5.91 Å². The molecule has 0 unspecified atom stereocenters. The van der Waals surface area contributed by atoms with Gasteiger partial charge >= 0.3 is 0 Å². The van der Waals surface area contributed by atoms with Crippen LogP contribution in [0.15, 0.2) is 54.6 Å². The topological polar surface area (TPSA) is 32.8 Å². The van der Waals surface area contributed by atoms with Gasteiger partial charge in [0.25, 0.3) is 0 Å². The van der Waals surface area contributed by atoms with Gasteiger partial charge in [-0.3, -0.25) is 4.79 Å². The summed E-state index contributed by atoms with van der Waals surface area (Å²) in [4.78, 5) is 17.5. The maximum atomic E-state index is 12.9. The molecule has 0 saturated carbocycles. The molecule has 2 aromatic rings.